The van der Waals surface area contributed by atoms with Crippen LogP contribution >= 0.6 is 0 Å². The fraction of sp³-hybridized carbons (Fsp3) is 0.500. The van der Waals surface area contributed by atoms with Gasteiger partial charge in [-0.25, -0.2) is 0 Å². The molecule has 0 bridgehead atoms. The maximum Gasteiger partial charge on any atom is 0.326 e. The molecule has 3 amide bonds. The number of amides is 3. The van der Waals surface area contributed by atoms with Gasteiger partial charge in [0.2, 0.25) is 11.8 Å². The van der Waals surface area contributed by atoms with Crippen molar-refractivity contribution in [2.24, 2.45) is 11.8 Å². The van der Waals surface area contributed by atoms with Gasteiger partial charge in [0.15, 0.2) is 6.61 Å². The van der Waals surface area contributed by atoms with Crippen LogP contribution in [0.1, 0.15) is 31.2 Å². The summed E-state index contributed by atoms with van der Waals surface area (Å²) in [6.45, 7) is -0.421. The third-order valence-electron chi connectivity index (χ3n) is 5.26. The third-order valence-corrected chi connectivity index (χ3v) is 5.26. The summed E-state index contributed by atoms with van der Waals surface area (Å²) in [7, 11) is 1.63. The first-order chi connectivity index (χ1) is 13.0. The van der Waals surface area contributed by atoms with Crippen molar-refractivity contribution in [2.75, 3.05) is 20.2 Å². The molecule has 7 heteroatoms. The molecule has 3 rings (SSSR count). The molecule has 1 aliphatic heterocycles. The molecular formula is C20H24N2O5. The highest BCUT2D eigenvalue weighted by atomic mass is 16.5. The van der Waals surface area contributed by atoms with E-state index in [1.54, 1.807) is 7.05 Å². The Balaban J connectivity index is 1.47. The smallest absolute Gasteiger partial charge is 0.326 e. The van der Waals surface area contributed by atoms with Crippen LogP contribution in [0.5, 0.6) is 0 Å². The van der Waals surface area contributed by atoms with Crippen LogP contribution in [0.15, 0.2) is 30.3 Å². The van der Waals surface area contributed by atoms with Crippen molar-refractivity contribution in [3.63, 3.8) is 0 Å². The van der Waals surface area contributed by atoms with Crippen LogP contribution in [0.2, 0.25) is 0 Å². The minimum Gasteiger partial charge on any atom is -0.454 e. The number of likely N-dealkylation sites (tertiary alicyclic amines) is 1. The number of nitrogens with zero attached hydrogens (tertiary/aromatic N) is 2. The van der Waals surface area contributed by atoms with Crippen LogP contribution in [0.3, 0.4) is 0 Å². The van der Waals surface area contributed by atoms with Gasteiger partial charge in [0, 0.05) is 13.6 Å². The molecule has 2 fully saturated rings. The van der Waals surface area contributed by atoms with E-state index in [0.717, 1.165) is 23.3 Å². The monoisotopic (exact) mass is 372 g/mol. The van der Waals surface area contributed by atoms with E-state index in [-0.39, 0.29) is 29.6 Å². The molecule has 2 atom stereocenters. The lowest BCUT2D eigenvalue weighted by atomic mass is 9.81. The molecule has 0 radical (unpaired) electrons. The summed E-state index contributed by atoms with van der Waals surface area (Å²) in [5.74, 6) is -2.24. The maximum absolute atomic E-state index is 12.4. The summed E-state index contributed by atoms with van der Waals surface area (Å²) in [6, 6.07) is 9.47. The third kappa shape index (κ3) is 4.35. The topological polar surface area (TPSA) is 84.0 Å². The lowest BCUT2D eigenvalue weighted by Crippen LogP contribution is -2.38. The SMILES string of the molecule is CN(Cc1ccccc1)C(=O)COC(=O)CN1C(=O)[C@@H]2CCCC[C@H]2C1=O. The van der Waals surface area contributed by atoms with E-state index in [4.69, 9.17) is 4.74 Å². The van der Waals surface area contributed by atoms with E-state index in [1.807, 2.05) is 30.3 Å². The molecule has 0 aromatic heterocycles. The van der Waals surface area contributed by atoms with Crippen LogP contribution in [0.25, 0.3) is 0 Å². The van der Waals surface area contributed by atoms with Crippen molar-refractivity contribution < 1.29 is 23.9 Å². The van der Waals surface area contributed by atoms with Gasteiger partial charge in [0.1, 0.15) is 6.54 Å². The van der Waals surface area contributed by atoms with Gasteiger partial charge in [-0.3, -0.25) is 24.1 Å². The Kier molecular flexibility index (Phi) is 5.88. The average molecular weight is 372 g/mol. The summed E-state index contributed by atoms with van der Waals surface area (Å²) < 4.78 is 5.00. The fourth-order valence-electron chi connectivity index (χ4n) is 3.76. The van der Waals surface area contributed by atoms with Crippen molar-refractivity contribution >= 4 is 23.7 Å². The molecule has 1 aromatic rings. The summed E-state index contributed by atoms with van der Waals surface area (Å²) >= 11 is 0. The zero-order valence-corrected chi connectivity index (χ0v) is 15.4. The number of carbonyl (C=O) groups is 4. The molecule has 1 aromatic carbocycles. The zero-order valence-electron chi connectivity index (χ0n) is 15.4. The van der Waals surface area contributed by atoms with Crippen LogP contribution < -0.4 is 0 Å². The van der Waals surface area contributed by atoms with Crippen LogP contribution in [0, 0.1) is 11.8 Å². The van der Waals surface area contributed by atoms with E-state index >= 15 is 0 Å². The molecule has 0 unspecified atom stereocenters. The van der Waals surface area contributed by atoms with Crippen LogP contribution in [-0.2, 0) is 30.5 Å². The highest BCUT2D eigenvalue weighted by Gasteiger charge is 2.48. The predicted octanol–water partition coefficient (Wildman–Crippen LogP) is 1.36. The number of rotatable bonds is 6. The zero-order chi connectivity index (χ0) is 19.4. The lowest BCUT2D eigenvalue weighted by Gasteiger charge is -2.19. The molecular weight excluding hydrogens is 348 g/mol. The number of carbonyl (C=O) groups excluding carboxylic acids is 4. The van der Waals surface area contributed by atoms with E-state index in [2.05, 4.69) is 0 Å². The molecule has 1 heterocycles. The Morgan fingerprint density at radius 2 is 1.67 bits per heavy atom. The number of likely N-dealkylation sites (N-methyl/N-ethyl adjacent to an activating group) is 1. The first-order valence-corrected chi connectivity index (χ1v) is 9.26. The Bertz CT molecular complexity index is 709. The molecule has 0 N–H and O–H groups in total. The number of ether oxygens (including phenoxy) is 1. The summed E-state index contributed by atoms with van der Waals surface area (Å²) in [4.78, 5) is 51.3. The standard InChI is InChI=1S/C20H24N2O5/c1-21(11-14-7-3-2-4-8-14)17(23)13-27-18(24)12-22-19(25)15-9-5-6-10-16(15)20(22)26/h2-4,7-8,15-16H,5-6,9-13H2,1H3/t15-,16-/m1/s1. The van der Waals surface area contributed by atoms with Gasteiger partial charge < -0.3 is 9.64 Å². The second-order valence-electron chi connectivity index (χ2n) is 7.16. The van der Waals surface area contributed by atoms with Crippen molar-refractivity contribution in [1.82, 2.24) is 9.80 Å². The second-order valence-corrected chi connectivity index (χ2v) is 7.16. The van der Waals surface area contributed by atoms with Crippen molar-refractivity contribution in [3.05, 3.63) is 35.9 Å². The van der Waals surface area contributed by atoms with Crippen LogP contribution in [-0.4, -0.2) is 53.7 Å². The van der Waals surface area contributed by atoms with Crippen molar-refractivity contribution in [3.8, 4) is 0 Å². The van der Waals surface area contributed by atoms with E-state index in [9.17, 15) is 19.2 Å². The summed E-state index contributed by atoms with van der Waals surface area (Å²) in [5.41, 5.74) is 0.968. The summed E-state index contributed by atoms with van der Waals surface area (Å²) in [6.07, 6.45) is 3.26. The highest BCUT2D eigenvalue weighted by Crippen LogP contribution is 2.37. The number of hydrogen-bond donors (Lipinski definition) is 0. The molecule has 27 heavy (non-hydrogen) atoms. The quantitative estimate of drug-likeness (QED) is 0.556. The van der Waals surface area contributed by atoms with Gasteiger partial charge in [-0.15, -0.1) is 0 Å². The van der Waals surface area contributed by atoms with Crippen molar-refractivity contribution in [1.29, 1.82) is 0 Å². The first kappa shape index (κ1) is 19.1. The van der Waals surface area contributed by atoms with Crippen LogP contribution in [0.4, 0.5) is 0 Å². The highest BCUT2D eigenvalue weighted by molar-refractivity contribution is 6.07. The summed E-state index contributed by atoms with van der Waals surface area (Å²) in [5, 5.41) is 0. The minimum atomic E-state index is -0.739. The fourth-order valence-corrected chi connectivity index (χ4v) is 3.76. The normalized spacial score (nSPS) is 21.7. The molecule has 1 saturated heterocycles. The first-order valence-electron chi connectivity index (χ1n) is 9.26. The minimum absolute atomic E-state index is 0.283. The number of hydrogen-bond acceptors (Lipinski definition) is 5. The number of imide groups is 1. The molecule has 7 nitrogen and oxygen atoms in total. The largest absolute Gasteiger partial charge is 0.454 e. The Morgan fingerprint density at radius 1 is 1.07 bits per heavy atom. The van der Waals surface area contributed by atoms with Crippen molar-refractivity contribution in [2.45, 2.75) is 32.2 Å². The van der Waals surface area contributed by atoms with Gasteiger partial charge >= 0.3 is 5.97 Å². The van der Waals surface area contributed by atoms with Gasteiger partial charge in [-0.2, -0.15) is 0 Å². The number of benzene rings is 1. The Labute approximate surface area is 158 Å². The lowest BCUT2D eigenvalue weighted by molar-refractivity contribution is -0.156. The Morgan fingerprint density at radius 3 is 2.26 bits per heavy atom. The second kappa shape index (κ2) is 8.33. The number of esters is 1. The molecule has 1 saturated carbocycles. The average Bonchev–Trinajstić information content (AvgIpc) is 2.92. The van der Waals surface area contributed by atoms with E-state index < -0.39 is 19.1 Å². The predicted molar refractivity (Wildman–Crippen MR) is 96.0 cm³/mol. The molecule has 0 spiro atoms. The van der Waals surface area contributed by atoms with Gasteiger partial charge in [-0.05, 0) is 18.4 Å². The van der Waals surface area contributed by atoms with Gasteiger partial charge in [0.05, 0.1) is 11.8 Å². The van der Waals surface area contributed by atoms with E-state index in [1.165, 1.54) is 4.90 Å². The number of fused-ring (bicyclic) bond motifs is 1. The van der Waals surface area contributed by atoms with E-state index in [0.29, 0.717) is 19.4 Å². The van der Waals surface area contributed by atoms with Gasteiger partial charge in [0.25, 0.3) is 5.91 Å². The van der Waals surface area contributed by atoms with Gasteiger partial charge in [-0.1, -0.05) is 43.2 Å². The Hall–Kier alpha value is -2.70. The maximum atomic E-state index is 12.4. The molecule has 144 valence electrons. The molecule has 1 aliphatic carbocycles. The molecule has 2 aliphatic rings.